The smallest absolute Gasteiger partial charge is 0.183 e. The van der Waals surface area contributed by atoms with Crippen LogP contribution in [0.4, 0.5) is 5.82 Å². The lowest BCUT2D eigenvalue weighted by Crippen LogP contribution is -2.29. The van der Waals surface area contributed by atoms with Gasteiger partial charge in [0, 0.05) is 12.5 Å². The number of fused-ring (bicyclic) bond motifs is 1. The molecule has 1 fully saturated rings. The van der Waals surface area contributed by atoms with E-state index in [0.717, 1.165) is 0 Å². The molecule has 2 aromatic heterocycles. The summed E-state index contributed by atoms with van der Waals surface area (Å²) in [5, 5.41) is 0. The van der Waals surface area contributed by atoms with Crippen LogP contribution in [-0.4, -0.2) is 67.3 Å². The fourth-order valence-electron chi connectivity index (χ4n) is 3.03. The zero-order valence-corrected chi connectivity index (χ0v) is 21.0. The average Bonchev–Trinajstić information content (AvgIpc) is 3.33. The molecule has 174 valence electrons. The first-order chi connectivity index (χ1) is 15.2. The van der Waals surface area contributed by atoms with E-state index in [2.05, 4.69) is 48.6 Å². The Balaban J connectivity index is 1.69. The van der Waals surface area contributed by atoms with Crippen molar-refractivity contribution >= 4 is 54.8 Å². The first-order valence-corrected chi connectivity index (χ1v) is 13.6. The second kappa shape index (κ2) is 11.2. The summed E-state index contributed by atoms with van der Waals surface area (Å²) >= 11 is 0. The first kappa shape index (κ1) is 25.4. The molecular weight excluding hydrogens is 470 g/mol. The molecule has 3 heterocycles. The maximum absolute atomic E-state index is 10.3. The molecule has 1 saturated heterocycles. The normalized spacial score (nSPS) is 23.1. The maximum atomic E-state index is 10.3. The summed E-state index contributed by atoms with van der Waals surface area (Å²) in [7, 11) is 3.80. The largest absolute Gasteiger partial charge is 0.382 e. The van der Waals surface area contributed by atoms with Crippen LogP contribution in [0.1, 0.15) is 33.4 Å². The van der Waals surface area contributed by atoms with Gasteiger partial charge in [0.1, 0.15) is 38.0 Å². The summed E-state index contributed by atoms with van der Waals surface area (Å²) in [6.45, 7) is 6.24. The van der Waals surface area contributed by atoms with Crippen LogP contribution in [0.2, 0.25) is 0 Å². The molecule has 0 spiro atoms. The second-order valence-corrected chi connectivity index (χ2v) is 12.9. The van der Waals surface area contributed by atoms with Crippen molar-refractivity contribution < 1.29 is 18.9 Å². The standard InChI is InChI=1S/C18H28BN6O4PS2/c1-11(4-5-20)30(26)28-7-13-12(27-10-31-32-18(2,3)19)6-14(29-13)25-9-24-15-16(21)22-8-23-17(15)25/h8-9,11-14,26H,6-7,10,19-20H2,1-3H3,(H2,21,22,23)/t11?,12-,13?,14-,30?/m1/s1. The minimum Gasteiger partial charge on any atom is -0.382 e. The Morgan fingerprint density at radius 1 is 1.47 bits per heavy atom. The lowest BCUT2D eigenvalue weighted by atomic mass is 9.91. The molecule has 2 aromatic rings. The van der Waals surface area contributed by atoms with E-state index in [4.69, 9.17) is 25.5 Å². The highest BCUT2D eigenvalue weighted by Crippen LogP contribution is 2.41. The number of nitrogen functional groups attached to an aromatic ring is 1. The molecule has 0 radical (unpaired) electrons. The van der Waals surface area contributed by atoms with Crippen molar-refractivity contribution in [1.82, 2.24) is 19.5 Å². The van der Waals surface area contributed by atoms with Gasteiger partial charge in [0.15, 0.2) is 19.8 Å². The van der Waals surface area contributed by atoms with Gasteiger partial charge in [-0.25, -0.2) is 15.0 Å². The molecule has 32 heavy (non-hydrogen) atoms. The van der Waals surface area contributed by atoms with Crippen LogP contribution < -0.4 is 11.5 Å². The van der Waals surface area contributed by atoms with Gasteiger partial charge >= 0.3 is 0 Å². The SMILES string of the molecule is BC(C)(C)SSCO[C@@H]1C[C@H](n2cnc3c(N)ncnc32)OC1COP(O)C(C)C#CN. The Hall–Kier alpha value is -1.26. The highest BCUT2D eigenvalue weighted by molar-refractivity contribution is 8.77. The number of ether oxygens (including phenoxy) is 2. The molecule has 5 N–H and O–H groups in total. The predicted molar refractivity (Wildman–Crippen MR) is 132 cm³/mol. The molecule has 0 amide bonds. The number of nitrogens with zero attached hydrogens (tertiary/aromatic N) is 4. The van der Waals surface area contributed by atoms with Crippen LogP contribution in [0.3, 0.4) is 0 Å². The van der Waals surface area contributed by atoms with Crippen LogP contribution in [0.25, 0.3) is 11.2 Å². The van der Waals surface area contributed by atoms with Crippen LogP contribution in [0.15, 0.2) is 12.7 Å². The molecule has 0 aromatic carbocycles. The summed E-state index contributed by atoms with van der Waals surface area (Å²) in [6, 6.07) is 2.31. The van der Waals surface area contributed by atoms with E-state index in [-0.39, 0.29) is 35.3 Å². The number of hydrogen-bond acceptors (Lipinski definition) is 11. The number of hydrogen-bond donors (Lipinski definition) is 3. The lowest BCUT2D eigenvalue weighted by Gasteiger charge is -2.22. The third-order valence-electron chi connectivity index (χ3n) is 4.51. The number of aromatic nitrogens is 4. The molecule has 0 bridgehead atoms. The van der Waals surface area contributed by atoms with Crippen molar-refractivity contribution in [1.29, 1.82) is 0 Å². The Morgan fingerprint density at radius 3 is 2.97 bits per heavy atom. The van der Waals surface area contributed by atoms with E-state index in [9.17, 15) is 4.89 Å². The average molecular weight is 498 g/mol. The molecule has 5 atom stereocenters. The van der Waals surface area contributed by atoms with Gasteiger partial charge in [-0.05, 0) is 11.6 Å². The third kappa shape index (κ3) is 6.64. The molecule has 0 aliphatic carbocycles. The molecule has 1 aliphatic rings. The molecule has 3 unspecified atom stereocenters. The quantitative estimate of drug-likeness (QED) is 0.0832. The van der Waals surface area contributed by atoms with Crippen LogP contribution in [-0.2, 0) is 14.0 Å². The monoisotopic (exact) mass is 498 g/mol. The van der Waals surface area contributed by atoms with Gasteiger partial charge in [-0.2, -0.15) is 0 Å². The zero-order chi connectivity index (χ0) is 23.3. The van der Waals surface area contributed by atoms with Crippen LogP contribution >= 0.6 is 30.0 Å². The van der Waals surface area contributed by atoms with E-state index < -0.39 is 8.38 Å². The van der Waals surface area contributed by atoms with Gasteiger partial charge < -0.3 is 30.4 Å². The highest BCUT2D eigenvalue weighted by atomic mass is 33.1. The van der Waals surface area contributed by atoms with Gasteiger partial charge in [0.25, 0.3) is 0 Å². The Bertz CT molecular complexity index is 968. The first-order valence-electron chi connectivity index (χ1n) is 10.0. The maximum Gasteiger partial charge on any atom is 0.183 e. The van der Waals surface area contributed by atoms with Crippen molar-refractivity contribution in [2.24, 2.45) is 5.73 Å². The number of imidazole rings is 1. The van der Waals surface area contributed by atoms with Crippen LogP contribution in [0.5, 0.6) is 0 Å². The number of rotatable bonds is 10. The van der Waals surface area contributed by atoms with Gasteiger partial charge in [-0.3, -0.25) is 4.57 Å². The Labute approximate surface area is 197 Å². The van der Waals surface area contributed by atoms with Crippen LogP contribution in [0, 0.1) is 12.0 Å². The van der Waals surface area contributed by atoms with Crippen molar-refractivity contribution in [3.8, 4) is 12.0 Å². The van der Waals surface area contributed by atoms with E-state index in [1.807, 2.05) is 4.57 Å². The fraction of sp³-hybridized carbons (Fsp3) is 0.611. The van der Waals surface area contributed by atoms with Crippen molar-refractivity contribution in [3.05, 3.63) is 12.7 Å². The summed E-state index contributed by atoms with van der Waals surface area (Å²) in [6.07, 6.45) is 2.64. The molecule has 3 rings (SSSR count). The van der Waals surface area contributed by atoms with E-state index >= 15 is 0 Å². The van der Waals surface area contributed by atoms with Crippen molar-refractivity contribution in [2.45, 2.75) is 55.9 Å². The number of anilines is 1. The van der Waals surface area contributed by atoms with Gasteiger partial charge in [0.05, 0.1) is 24.7 Å². The van der Waals surface area contributed by atoms with Gasteiger partial charge in [0.2, 0.25) is 0 Å². The molecule has 14 heteroatoms. The summed E-state index contributed by atoms with van der Waals surface area (Å²) in [5.41, 5.74) is 11.9. The zero-order valence-electron chi connectivity index (χ0n) is 18.5. The summed E-state index contributed by atoms with van der Waals surface area (Å²) in [4.78, 5) is 22.9. The minimum absolute atomic E-state index is 0.132. The Morgan fingerprint density at radius 2 is 2.25 bits per heavy atom. The fourth-order valence-corrected chi connectivity index (χ4v) is 5.74. The van der Waals surface area contributed by atoms with E-state index in [1.165, 1.54) is 6.33 Å². The highest BCUT2D eigenvalue weighted by Gasteiger charge is 2.39. The topological polar surface area (TPSA) is 144 Å². The summed E-state index contributed by atoms with van der Waals surface area (Å²) in [5.74, 6) is 3.53. The van der Waals surface area contributed by atoms with Crippen molar-refractivity contribution in [3.63, 3.8) is 0 Å². The lowest BCUT2D eigenvalue weighted by molar-refractivity contribution is -0.0482. The van der Waals surface area contributed by atoms with Gasteiger partial charge in [-0.15, -0.1) is 0 Å². The van der Waals surface area contributed by atoms with E-state index in [1.54, 1.807) is 34.8 Å². The van der Waals surface area contributed by atoms with Crippen molar-refractivity contribution in [2.75, 3.05) is 18.3 Å². The molecule has 10 nitrogen and oxygen atoms in total. The van der Waals surface area contributed by atoms with Gasteiger partial charge in [-0.1, -0.05) is 41.4 Å². The van der Waals surface area contributed by atoms with E-state index in [0.29, 0.717) is 29.3 Å². The third-order valence-corrected chi connectivity index (χ3v) is 8.71. The molecular formula is C18H28BN6O4PS2. The second-order valence-electron chi connectivity index (χ2n) is 8.15. The Kier molecular flexibility index (Phi) is 8.92. The minimum atomic E-state index is -1.76. The molecule has 0 saturated carbocycles. The summed E-state index contributed by atoms with van der Waals surface area (Å²) < 4.78 is 20.0. The molecule has 1 aliphatic heterocycles. The predicted octanol–water partition coefficient (Wildman–Crippen LogP) is 1.42. The number of nitrogens with two attached hydrogens (primary N) is 2.